The Morgan fingerprint density at radius 1 is 0.960 bits per heavy atom. The van der Waals surface area contributed by atoms with Crippen LogP contribution in [-0.2, 0) is 6.42 Å². The molecule has 1 aromatic carbocycles. The number of aromatic nitrogens is 1. The highest BCUT2D eigenvalue weighted by Crippen LogP contribution is 2.17. The van der Waals surface area contributed by atoms with E-state index < -0.39 is 0 Å². The largest absolute Gasteiger partial charge is 0.389 e. The van der Waals surface area contributed by atoms with Gasteiger partial charge in [-0.15, -0.1) is 11.3 Å². The van der Waals surface area contributed by atoms with Gasteiger partial charge < -0.3 is 9.73 Å². The zero-order valence-corrected chi connectivity index (χ0v) is 15.2. The van der Waals surface area contributed by atoms with Gasteiger partial charge in [-0.05, 0) is 36.3 Å². The standard InChI is InChI=1S/C20H24N2O2S/c23-19-17-13-15-25-18(17)22-20(24-19)21-14-9-4-2-1-3-6-10-16-11-7-5-8-12-16/h5,7-8,11-13,15H,1-4,6,9-10,14H2,(H,21,22). The summed E-state index contributed by atoms with van der Waals surface area (Å²) in [6, 6.07) is 12.8. The summed E-state index contributed by atoms with van der Waals surface area (Å²) in [6.07, 6.45) is 8.50. The van der Waals surface area contributed by atoms with Gasteiger partial charge in [0.25, 0.3) is 6.01 Å². The van der Waals surface area contributed by atoms with Crippen LogP contribution < -0.4 is 10.9 Å². The van der Waals surface area contributed by atoms with E-state index in [1.54, 1.807) is 6.07 Å². The van der Waals surface area contributed by atoms with Gasteiger partial charge in [0.2, 0.25) is 0 Å². The van der Waals surface area contributed by atoms with Gasteiger partial charge in [-0.3, -0.25) is 0 Å². The highest BCUT2D eigenvalue weighted by atomic mass is 32.1. The Morgan fingerprint density at radius 2 is 1.72 bits per heavy atom. The highest BCUT2D eigenvalue weighted by molar-refractivity contribution is 7.16. The van der Waals surface area contributed by atoms with E-state index in [0.29, 0.717) is 11.4 Å². The molecule has 0 atom stereocenters. The highest BCUT2D eigenvalue weighted by Gasteiger charge is 2.06. The monoisotopic (exact) mass is 356 g/mol. The topological polar surface area (TPSA) is 55.1 Å². The summed E-state index contributed by atoms with van der Waals surface area (Å²) in [4.78, 5) is 16.8. The van der Waals surface area contributed by atoms with E-state index in [1.165, 1.54) is 55.4 Å². The third-order valence-corrected chi connectivity index (χ3v) is 5.08. The van der Waals surface area contributed by atoms with Crippen LogP contribution in [0.2, 0.25) is 0 Å². The van der Waals surface area contributed by atoms with E-state index in [4.69, 9.17) is 4.42 Å². The van der Waals surface area contributed by atoms with Crippen LogP contribution in [0.1, 0.15) is 44.1 Å². The number of thiophene rings is 1. The molecule has 0 amide bonds. The van der Waals surface area contributed by atoms with Gasteiger partial charge in [-0.25, -0.2) is 4.79 Å². The number of aryl methyl sites for hydroxylation is 1. The van der Waals surface area contributed by atoms with Gasteiger partial charge in [-0.1, -0.05) is 56.0 Å². The van der Waals surface area contributed by atoms with Crippen molar-refractivity contribution < 1.29 is 4.42 Å². The van der Waals surface area contributed by atoms with Crippen molar-refractivity contribution in [2.45, 2.75) is 44.9 Å². The maximum absolute atomic E-state index is 11.8. The Hall–Kier alpha value is -2.14. The van der Waals surface area contributed by atoms with Gasteiger partial charge in [0, 0.05) is 6.54 Å². The van der Waals surface area contributed by atoms with Crippen molar-refractivity contribution >= 4 is 27.6 Å². The predicted molar refractivity (Wildman–Crippen MR) is 104 cm³/mol. The smallest absolute Gasteiger partial charge is 0.349 e. The summed E-state index contributed by atoms with van der Waals surface area (Å²) in [5.74, 6) is 0. The van der Waals surface area contributed by atoms with Crippen LogP contribution in [0.3, 0.4) is 0 Å². The number of fused-ring (bicyclic) bond motifs is 1. The second-order valence-corrected chi connectivity index (χ2v) is 7.12. The van der Waals surface area contributed by atoms with Gasteiger partial charge >= 0.3 is 5.63 Å². The molecule has 2 heterocycles. The molecule has 0 aliphatic heterocycles. The molecule has 0 unspecified atom stereocenters. The Morgan fingerprint density at radius 3 is 2.56 bits per heavy atom. The number of nitrogens with one attached hydrogen (secondary N) is 1. The average Bonchev–Trinajstić information content (AvgIpc) is 3.10. The van der Waals surface area contributed by atoms with E-state index in [9.17, 15) is 4.79 Å². The molecule has 132 valence electrons. The van der Waals surface area contributed by atoms with E-state index in [-0.39, 0.29) is 5.63 Å². The molecule has 5 heteroatoms. The van der Waals surface area contributed by atoms with Crippen LogP contribution in [0.5, 0.6) is 0 Å². The van der Waals surface area contributed by atoms with Crippen LogP contribution in [0.15, 0.2) is 51.0 Å². The molecule has 2 aromatic heterocycles. The lowest BCUT2D eigenvalue weighted by molar-refractivity contribution is 0.514. The zero-order valence-electron chi connectivity index (χ0n) is 14.4. The summed E-state index contributed by atoms with van der Waals surface area (Å²) in [7, 11) is 0. The number of benzene rings is 1. The molecule has 0 spiro atoms. The third kappa shape index (κ3) is 5.43. The minimum atomic E-state index is -0.313. The molecule has 0 saturated carbocycles. The third-order valence-electron chi connectivity index (χ3n) is 4.27. The number of unbranched alkanes of at least 4 members (excludes halogenated alkanes) is 5. The van der Waals surface area contributed by atoms with E-state index in [0.717, 1.165) is 17.8 Å². The maximum atomic E-state index is 11.8. The van der Waals surface area contributed by atoms with Crippen molar-refractivity contribution in [1.82, 2.24) is 4.98 Å². The van der Waals surface area contributed by atoms with Crippen molar-refractivity contribution in [1.29, 1.82) is 0 Å². The van der Waals surface area contributed by atoms with Crippen LogP contribution in [0.25, 0.3) is 10.2 Å². The van der Waals surface area contributed by atoms with E-state index in [1.807, 2.05) is 5.38 Å². The molecular weight excluding hydrogens is 332 g/mol. The van der Waals surface area contributed by atoms with Gasteiger partial charge in [0.1, 0.15) is 4.83 Å². The number of anilines is 1. The molecular formula is C20H24N2O2S. The van der Waals surface area contributed by atoms with E-state index in [2.05, 4.69) is 40.6 Å². The molecule has 0 aliphatic carbocycles. The fourth-order valence-corrected chi connectivity index (χ4v) is 3.62. The Balaban J connectivity index is 1.25. The summed E-state index contributed by atoms with van der Waals surface area (Å²) >= 11 is 1.46. The molecule has 25 heavy (non-hydrogen) atoms. The number of rotatable bonds is 10. The van der Waals surface area contributed by atoms with Gasteiger partial charge in [-0.2, -0.15) is 4.98 Å². The van der Waals surface area contributed by atoms with Crippen LogP contribution in [0, 0.1) is 0 Å². The first-order chi connectivity index (χ1) is 12.3. The second-order valence-electron chi connectivity index (χ2n) is 6.23. The Bertz CT molecular complexity index is 826. The van der Waals surface area contributed by atoms with Crippen molar-refractivity contribution in [2.75, 3.05) is 11.9 Å². The molecule has 0 bridgehead atoms. The molecule has 1 N–H and O–H groups in total. The van der Waals surface area contributed by atoms with Crippen LogP contribution in [-0.4, -0.2) is 11.5 Å². The lowest BCUT2D eigenvalue weighted by atomic mass is 10.1. The average molecular weight is 356 g/mol. The van der Waals surface area contributed by atoms with Gasteiger partial charge in [0.15, 0.2) is 0 Å². The molecule has 0 aliphatic rings. The zero-order chi connectivity index (χ0) is 17.3. The number of hydrogen-bond acceptors (Lipinski definition) is 5. The van der Waals surface area contributed by atoms with Crippen molar-refractivity contribution in [2.24, 2.45) is 0 Å². The first-order valence-electron chi connectivity index (χ1n) is 8.99. The van der Waals surface area contributed by atoms with Crippen molar-refractivity contribution in [3.63, 3.8) is 0 Å². The van der Waals surface area contributed by atoms with Crippen LogP contribution >= 0.6 is 11.3 Å². The summed E-state index contributed by atoms with van der Waals surface area (Å²) in [5.41, 5.74) is 1.12. The maximum Gasteiger partial charge on any atom is 0.349 e. The lowest BCUT2D eigenvalue weighted by Gasteiger charge is -2.04. The quantitative estimate of drug-likeness (QED) is 0.504. The first kappa shape index (κ1) is 17.7. The minimum absolute atomic E-state index is 0.313. The Labute approximate surface area is 151 Å². The number of nitrogens with zero attached hydrogens (tertiary/aromatic N) is 1. The van der Waals surface area contributed by atoms with E-state index >= 15 is 0 Å². The molecule has 0 saturated heterocycles. The Kier molecular flexibility index (Phi) is 6.63. The minimum Gasteiger partial charge on any atom is -0.389 e. The fourth-order valence-electron chi connectivity index (χ4n) is 2.88. The summed E-state index contributed by atoms with van der Waals surface area (Å²) in [6.45, 7) is 0.789. The number of hydrogen-bond donors (Lipinski definition) is 1. The first-order valence-corrected chi connectivity index (χ1v) is 9.87. The van der Waals surface area contributed by atoms with Crippen molar-refractivity contribution in [3.05, 3.63) is 57.8 Å². The summed E-state index contributed by atoms with van der Waals surface area (Å²) in [5, 5.41) is 5.54. The molecule has 3 rings (SSSR count). The predicted octanol–water partition coefficient (Wildman–Crippen LogP) is 5.24. The fraction of sp³-hybridized carbons (Fsp3) is 0.400. The SMILES string of the molecule is O=c1oc(NCCCCCCCCc2ccccc2)nc2sccc12. The normalized spacial score (nSPS) is 11.0. The molecule has 3 aromatic rings. The molecule has 0 radical (unpaired) electrons. The lowest BCUT2D eigenvalue weighted by Crippen LogP contribution is -2.08. The van der Waals surface area contributed by atoms with Crippen LogP contribution in [0.4, 0.5) is 6.01 Å². The van der Waals surface area contributed by atoms with Gasteiger partial charge in [0.05, 0.1) is 5.39 Å². The molecule has 4 nitrogen and oxygen atoms in total. The van der Waals surface area contributed by atoms with Crippen molar-refractivity contribution in [3.8, 4) is 0 Å². The molecule has 0 fully saturated rings. The summed E-state index contributed by atoms with van der Waals surface area (Å²) < 4.78 is 5.18. The second kappa shape index (κ2) is 9.37.